The summed E-state index contributed by atoms with van der Waals surface area (Å²) >= 11 is 0. The predicted octanol–water partition coefficient (Wildman–Crippen LogP) is 6.77. The molecule has 148 valence electrons. The third kappa shape index (κ3) is 7.96. The second kappa shape index (κ2) is 10.7. The van der Waals surface area contributed by atoms with Crippen LogP contribution in [-0.4, -0.2) is 8.07 Å². The first-order chi connectivity index (χ1) is 12.4. The number of benzene rings is 1. The maximum atomic E-state index is 4.77. The highest BCUT2D eigenvalue weighted by atomic mass is 28.3. The van der Waals surface area contributed by atoms with Crippen LogP contribution in [0.15, 0.2) is 30.3 Å². The Kier molecular flexibility index (Phi) is 8.89. The van der Waals surface area contributed by atoms with Crippen molar-refractivity contribution < 1.29 is 5.73 Å². The van der Waals surface area contributed by atoms with Crippen molar-refractivity contribution in [2.24, 2.45) is 5.92 Å². The molecule has 1 aliphatic rings. The smallest absolute Gasteiger partial charge is 0.120 e. The second-order valence-corrected chi connectivity index (χ2v) is 15.8. The van der Waals surface area contributed by atoms with Crippen molar-refractivity contribution >= 4 is 8.07 Å². The quantitative estimate of drug-likeness (QED) is 0.327. The lowest BCUT2D eigenvalue weighted by atomic mass is 9.80. The predicted molar refractivity (Wildman–Crippen MR) is 118 cm³/mol. The van der Waals surface area contributed by atoms with E-state index in [-0.39, 0.29) is 5.54 Å². The van der Waals surface area contributed by atoms with Gasteiger partial charge in [0.2, 0.25) is 0 Å². The number of unbranched alkanes of at least 4 members (excludes halogenated alkanes) is 2. The fraction of sp³-hybridized carbons (Fsp3) is 0.750. The first-order valence-corrected chi connectivity index (χ1v) is 15.0. The van der Waals surface area contributed by atoms with Crippen molar-refractivity contribution in [3.63, 3.8) is 0 Å². The molecule has 1 fully saturated rings. The molecule has 1 saturated carbocycles. The minimum absolute atomic E-state index is 0.132. The second-order valence-electron chi connectivity index (χ2n) is 10.2. The van der Waals surface area contributed by atoms with Crippen LogP contribution in [0.25, 0.3) is 0 Å². The fourth-order valence-electron chi connectivity index (χ4n) is 4.70. The number of hydrogen-bond acceptors (Lipinski definition) is 0. The van der Waals surface area contributed by atoms with Gasteiger partial charge in [0, 0.05) is 26.5 Å². The zero-order valence-corrected chi connectivity index (χ0v) is 18.9. The standard InChI is InChI=1S/C24H43NSi/c1-26(2,3)21-13-12-20-24(25,23-17-8-5-9-18-23)19-11-10-16-22-14-6-4-7-15-22/h5,8-9,17-18,22H,4,6-7,10-16,19-21,25H2,1-3H3/p+1. The van der Waals surface area contributed by atoms with E-state index in [4.69, 9.17) is 5.73 Å². The van der Waals surface area contributed by atoms with Gasteiger partial charge in [-0.05, 0) is 18.8 Å². The van der Waals surface area contributed by atoms with Crippen LogP contribution >= 0.6 is 0 Å². The van der Waals surface area contributed by atoms with Crippen LogP contribution in [0.4, 0.5) is 0 Å². The van der Waals surface area contributed by atoms with Crippen LogP contribution in [0, 0.1) is 5.92 Å². The number of hydrogen-bond donors (Lipinski definition) is 1. The highest BCUT2D eigenvalue weighted by molar-refractivity contribution is 6.76. The van der Waals surface area contributed by atoms with Gasteiger partial charge in [-0.3, -0.25) is 0 Å². The van der Waals surface area contributed by atoms with Gasteiger partial charge in [0.05, 0.1) is 0 Å². The van der Waals surface area contributed by atoms with Crippen molar-refractivity contribution in [1.82, 2.24) is 0 Å². The van der Waals surface area contributed by atoms with Crippen LogP contribution in [0.2, 0.25) is 25.7 Å². The molecule has 1 aromatic carbocycles. The van der Waals surface area contributed by atoms with E-state index in [1.54, 1.807) is 0 Å². The van der Waals surface area contributed by atoms with Gasteiger partial charge in [0.1, 0.15) is 5.54 Å². The highest BCUT2D eigenvalue weighted by Crippen LogP contribution is 2.32. The lowest BCUT2D eigenvalue weighted by Gasteiger charge is -2.28. The molecular formula is C24H44NSi+. The van der Waals surface area contributed by atoms with Gasteiger partial charge in [-0.1, -0.05) is 107 Å². The molecule has 0 bridgehead atoms. The maximum absolute atomic E-state index is 4.77. The van der Waals surface area contributed by atoms with Crippen LogP contribution in [-0.2, 0) is 5.54 Å². The largest absolute Gasteiger partial charge is 0.349 e. The molecule has 0 aliphatic heterocycles. The van der Waals surface area contributed by atoms with E-state index in [1.807, 2.05) is 0 Å². The van der Waals surface area contributed by atoms with Gasteiger partial charge in [0.25, 0.3) is 0 Å². The summed E-state index contributed by atoms with van der Waals surface area (Å²) in [5.74, 6) is 1.02. The SMILES string of the molecule is C[Si](C)(C)CCCCC([NH3+])(CCCCC1CCCCC1)c1ccccc1. The fourth-order valence-corrected chi connectivity index (χ4v) is 6.01. The maximum Gasteiger partial charge on any atom is 0.120 e. The summed E-state index contributed by atoms with van der Waals surface area (Å²) < 4.78 is 0. The molecule has 0 spiro atoms. The molecule has 1 aliphatic carbocycles. The Morgan fingerprint density at radius 1 is 0.885 bits per heavy atom. The Labute approximate surface area is 164 Å². The molecule has 2 rings (SSSR count). The van der Waals surface area contributed by atoms with E-state index in [0.717, 1.165) is 5.92 Å². The summed E-state index contributed by atoms with van der Waals surface area (Å²) in [5.41, 5.74) is 6.37. The number of quaternary nitrogens is 1. The minimum Gasteiger partial charge on any atom is -0.349 e. The van der Waals surface area contributed by atoms with Crippen molar-refractivity contribution in [3.05, 3.63) is 35.9 Å². The van der Waals surface area contributed by atoms with Crippen LogP contribution in [0.1, 0.15) is 82.6 Å². The average molecular weight is 375 g/mol. The topological polar surface area (TPSA) is 27.6 Å². The first-order valence-electron chi connectivity index (χ1n) is 11.3. The average Bonchev–Trinajstić information content (AvgIpc) is 2.63. The molecular weight excluding hydrogens is 330 g/mol. The molecule has 0 aromatic heterocycles. The molecule has 1 nitrogen and oxygen atoms in total. The van der Waals surface area contributed by atoms with Gasteiger partial charge >= 0.3 is 0 Å². The van der Waals surface area contributed by atoms with Crippen molar-refractivity contribution in [2.45, 2.75) is 108 Å². The van der Waals surface area contributed by atoms with E-state index < -0.39 is 8.07 Å². The molecule has 1 atom stereocenters. The van der Waals surface area contributed by atoms with E-state index in [2.05, 4.69) is 50.0 Å². The van der Waals surface area contributed by atoms with E-state index >= 15 is 0 Å². The molecule has 1 aromatic rings. The van der Waals surface area contributed by atoms with E-state index in [0.29, 0.717) is 0 Å². The van der Waals surface area contributed by atoms with E-state index in [9.17, 15) is 0 Å². The third-order valence-electron chi connectivity index (χ3n) is 6.46. The van der Waals surface area contributed by atoms with E-state index in [1.165, 1.54) is 88.7 Å². The molecule has 0 heterocycles. The summed E-state index contributed by atoms with van der Waals surface area (Å²) in [5, 5.41) is 0. The van der Waals surface area contributed by atoms with Crippen LogP contribution in [0.5, 0.6) is 0 Å². The van der Waals surface area contributed by atoms with Gasteiger partial charge < -0.3 is 5.73 Å². The molecule has 3 N–H and O–H groups in total. The molecule has 0 saturated heterocycles. The van der Waals surface area contributed by atoms with Gasteiger partial charge in [-0.25, -0.2) is 0 Å². The molecule has 2 heteroatoms. The molecule has 1 unspecified atom stereocenters. The Morgan fingerprint density at radius 2 is 1.50 bits per heavy atom. The zero-order valence-electron chi connectivity index (χ0n) is 17.9. The van der Waals surface area contributed by atoms with Crippen molar-refractivity contribution in [2.75, 3.05) is 0 Å². The normalized spacial score (nSPS) is 18.6. The van der Waals surface area contributed by atoms with Gasteiger partial charge in [-0.2, -0.15) is 0 Å². The molecule has 26 heavy (non-hydrogen) atoms. The van der Waals surface area contributed by atoms with Crippen LogP contribution in [0.3, 0.4) is 0 Å². The van der Waals surface area contributed by atoms with Gasteiger partial charge in [0.15, 0.2) is 0 Å². The third-order valence-corrected chi connectivity index (χ3v) is 8.31. The minimum atomic E-state index is -0.904. The lowest BCUT2D eigenvalue weighted by molar-refractivity contribution is -0.492. The number of rotatable bonds is 11. The summed E-state index contributed by atoms with van der Waals surface area (Å²) in [6.45, 7) is 7.48. The Balaban J connectivity index is 1.82. The summed E-state index contributed by atoms with van der Waals surface area (Å²) in [6.07, 6.45) is 16.9. The first kappa shape index (κ1) is 21.7. The molecule has 0 radical (unpaired) electrons. The molecule has 0 amide bonds. The highest BCUT2D eigenvalue weighted by Gasteiger charge is 2.30. The van der Waals surface area contributed by atoms with Crippen molar-refractivity contribution in [3.8, 4) is 0 Å². The van der Waals surface area contributed by atoms with Crippen molar-refractivity contribution in [1.29, 1.82) is 0 Å². The van der Waals surface area contributed by atoms with Crippen LogP contribution < -0.4 is 5.73 Å². The monoisotopic (exact) mass is 374 g/mol. The zero-order chi connectivity index (χ0) is 18.9. The summed E-state index contributed by atoms with van der Waals surface area (Å²) in [4.78, 5) is 0. The Morgan fingerprint density at radius 3 is 2.12 bits per heavy atom. The Bertz CT molecular complexity index is 487. The summed E-state index contributed by atoms with van der Waals surface area (Å²) in [6, 6.07) is 12.6. The van der Waals surface area contributed by atoms with Gasteiger partial charge in [-0.15, -0.1) is 0 Å². The Hall–Kier alpha value is -0.603. The lowest BCUT2D eigenvalue weighted by Crippen LogP contribution is -2.69. The summed E-state index contributed by atoms with van der Waals surface area (Å²) in [7, 11) is -0.904.